The smallest absolute Gasteiger partial charge is 0.350 e. The fourth-order valence-electron chi connectivity index (χ4n) is 5.42. The summed E-state index contributed by atoms with van der Waals surface area (Å²) in [6, 6.07) is 22.8. The molecule has 3 atom stereocenters. The van der Waals surface area contributed by atoms with Crippen LogP contribution in [-0.2, 0) is 13.6 Å². The lowest BCUT2D eigenvalue weighted by Crippen LogP contribution is -2.67. The van der Waals surface area contributed by atoms with E-state index >= 15 is 0 Å². The quantitative estimate of drug-likeness (QED) is 0.267. The number of anilines is 1. The van der Waals surface area contributed by atoms with Gasteiger partial charge in [0.2, 0.25) is 5.91 Å². The predicted molar refractivity (Wildman–Crippen MR) is 174 cm³/mol. The van der Waals surface area contributed by atoms with Crippen LogP contribution >= 0.6 is 11.8 Å². The molecule has 1 aliphatic rings. The van der Waals surface area contributed by atoms with Crippen LogP contribution in [0.4, 0.5) is 5.82 Å². The summed E-state index contributed by atoms with van der Waals surface area (Å²) >= 11 is 1.63. The van der Waals surface area contributed by atoms with Gasteiger partial charge in [0.15, 0.2) is 8.32 Å². The van der Waals surface area contributed by atoms with Gasteiger partial charge in [-0.05, 0) is 46.7 Å². The molecule has 0 radical (unpaired) electrons. The molecule has 7 nitrogen and oxygen atoms in total. The summed E-state index contributed by atoms with van der Waals surface area (Å²) in [5.74, 6) is -0.0488. The molecule has 0 spiro atoms. The number of hydrogen-bond acceptors (Lipinski definition) is 6. The molecule has 41 heavy (non-hydrogen) atoms. The van der Waals surface area contributed by atoms with Crippen LogP contribution < -0.4 is 21.4 Å². The summed E-state index contributed by atoms with van der Waals surface area (Å²) in [6.45, 7) is 19.5. The zero-order chi connectivity index (χ0) is 30.0. The Morgan fingerprint density at radius 1 is 1.02 bits per heavy atom. The third-order valence-corrected chi connectivity index (χ3v) is 14.6. The van der Waals surface area contributed by atoms with Crippen molar-refractivity contribution < 1.29 is 13.6 Å². The fraction of sp³-hybridized carbons (Fsp3) is 0.387. The molecule has 10 heteroatoms. The van der Waals surface area contributed by atoms with Crippen LogP contribution in [0.3, 0.4) is 0 Å². The minimum atomic E-state index is -2.77. The third kappa shape index (κ3) is 6.84. The summed E-state index contributed by atoms with van der Waals surface area (Å²) in [6.07, 6.45) is 1.39. The number of amides is 1. The summed E-state index contributed by atoms with van der Waals surface area (Å²) in [7, 11) is -4.76. The van der Waals surface area contributed by atoms with Gasteiger partial charge >= 0.3 is 5.69 Å². The normalized spacial score (nSPS) is 19.8. The van der Waals surface area contributed by atoms with E-state index in [0.717, 1.165) is 5.57 Å². The van der Waals surface area contributed by atoms with Crippen molar-refractivity contribution in [2.45, 2.75) is 69.1 Å². The van der Waals surface area contributed by atoms with Crippen molar-refractivity contribution in [2.75, 3.05) is 11.9 Å². The van der Waals surface area contributed by atoms with Crippen LogP contribution in [0.15, 0.2) is 89.9 Å². The number of nitrogens with zero attached hydrogens (tertiary/aromatic N) is 2. The van der Waals surface area contributed by atoms with Crippen molar-refractivity contribution in [1.29, 1.82) is 0 Å². The molecule has 0 unspecified atom stereocenters. The van der Waals surface area contributed by atoms with Crippen molar-refractivity contribution in [1.82, 2.24) is 9.55 Å². The van der Waals surface area contributed by atoms with E-state index in [4.69, 9.17) is 8.85 Å². The van der Waals surface area contributed by atoms with E-state index in [2.05, 4.69) is 106 Å². The maximum atomic E-state index is 13.1. The van der Waals surface area contributed by atoms with Gasteiger partial charge in [-0.2, -0.15) is 4.98 Å². The van der Waals surface area contributed by atoms with Crippen molar-refractivity contribution in [3.05, 3.63) is 95.6 Å². The SMILES string of the molecule is C=C1[C@H](O[Si](C)(C)C)[C@@H](CO[Si](c2ccccc2)(c2ccccc2)C(C)(C)C)S[C@@H]1n1ccc(NC(C)=O)nc1=O. The molecule has 0 saturated carbocycles. The second-order valence-corrected chi connectivity index (χ2v) is 22.5. The van der Waals surface area contributed by atoms with Gasteiger partial charge in [0, 0.05) is 19.7 Å². The van der Waals surface area contributed by atoms with Gasteiger partial charge in [-0.3, -0.25) is 9.36 Å². The number of rotatable bonds is 9. The summed E-state index contributed by atoms with van der Waals surface area (Å²) in [4.78, 5) is 28.6. The first-order chi connectivity index (χ1) is 19.2. The van der Waals surface area contributed by atoms with Gasteiger partial charge in [-0.15, -0.1) is 11.8 Å². The Hall–Kier alpha value is -2.77. The Morgan fingerprint density at radius 3 is 2.05 bits per heavy atom. The van der Waals surface area contributed by atoms with Crippen molar-refractivity contribution in [3.63, 3.8) is 0 Å². The predicted octanol–water partition coefficient (Wildman–Crippen LogP) is 5.17. The maximum Gasteiger partial charge on any atom is 0.350 e. The van der Waals surface area contributed by atoms with Gasteiger partial charge in [-0.25, -0.2) is 4.79 Å². The van der Waals surface area contributed by atoms with Crippen LogP contribution in [0.1, 0.15) is 33.1 Å². The molecule has 1 amide bonds. The highest BCUT2D eigenvalue weighted by atomic mass is 32.2. The Labute approximate surface area is 249 Å². The number of hydrogen-bond donors (Lipinski definition) is 1. The first-order valence-electron chi connectivity index (χ1n) is 13.9. The van der Waals surface area contributed by atoms with Gasteiger partial charge in [-0.1, -0.05) is 88.0 Å². The Kier molecular flexibility index (Phi) is 9.30. The maximum absolute atomic E-state index is 13.1. The monoisotopic (exact) mass is 607 g/mol. The number of thioether (sulfide) groups is 1. The van der Waals surface area contributed by atoms with Gasteiger partial charge in [0.25, 0.3) is 8.32 Å². The van der Waals surface area contributed by atoms with Gasteiger partial charge in [0.05, 0.1) is 11.4 Å². The Balaban J connectivity index is 1.73. The second kappa shape index (κ2) is 12.2. The topological polar surface area (TPSA) is 82.4 Å². The van der Waals surface area contributed by atoms with E-state index in [1.54, 1.807) is 28.6 Å². The van der Waals surface area contributed by atoms with Crippen LogP contribution in [0.2, 0.25) is 24.7 Å². The minimum absolute atomic E-state index is 0.0807. The molecular weight excluding hydrogens is 567 g/mol. The fourth-order valence-corrected chi connectivity index (χ4v) is 12.8. The van der Waals surface area contributed by atoms with Crippen LogP contribution in [-0.4, -0.2) is 50.1 Å². The lowest BCUT2D eigenvalue weighted by molar-refractivity contribution is -0.114. The molecule has 1 aliphatic heterocycles. The average molecular weight is 608 g/mol. The van der Waals surface area contributed by atoms with Gasteiger partial charge in [0.1, 0.15) is 11.2 Å². The third-order valence-electron chi connectivity index (χ3n) is 7.07. The molecular formula is C31H41N3O4SSi2. The molecule has 0 bridgehead atoms. The van der Waals surface area contributed by atoms with Crippen LogP contribution in [0.25, 0.3) is 0 Å². The van der Waals surface area contributed by atoms with Crippen LogP contribution in [0.5, 0.6) is 0 Å². The Morgan fingerprint density at radius 2 is 1.59 bits per heavy atom. The lowest BCUT2D eigenvalue weighted by Gasteiger charge is -2.44. The van der Waals surface area contributed by atoms with Crippen molar-refractivity contribution in [2.24, 2.45) is 0 Å². The number of carbonyl (C=O) groups is 1. The zero-order valence-corrected chi connectivity index (χ0v) is 27.8. The molecule has 1 saturated heterocycles. The van der Waals surface area contributed by atoms with E-state index in [-0.39, 0.29) is 33.5 Å². The van der Waals surface area contributed by atoms with E-state index in [0.29, 0.717) is 6.61 Å². The highest BCUT2D eigenvalue weighted by molar-refractivity contribution is 8.00. The van der Waals surface area contributed by atoms with Gasteiger partial charge < -0.3 is 14.2 Å². The van der Waals surface area contributed by atoms with Crippen molar-refractivity contribution in [3.8, 4) is 0 Å². The van der Waals surface area contributed by atoms with E-state index < -0.39 is 22.3 Å². The first-order valence-corrected chi connectivity index (χ1v) is 20.1. The second-order valence-electron chi connectivity index (χ2n) is 12.4. The summed E-state index contributed by atoms with van der Waals surface area (Å²) < 4.78 is 15.6. The average Bonchev–Trinajstić information content (AvgIpc) is 3.18. The molecule has 0 aliphatic carbocycles. The minimum Gasteiger partial charge on any atom is -0.410 e. The molecule has 4 rings (SSSR count). The van der Waals surface area contributed by atoms with Crippen LogP contribution in [0, 0.1) is 0 Å². The van der Waals surface area contributed by atoms with Crippen molar-refractivity contribution >= 4 is 50.5 Å². The number of nitrogens with one attached hydrogen (secondary N) is 1. The standard InChI is InChI=1S/C31H41N3O4SSi2/c1-22-28(38-40(6,7)8)26(39-29(22)34-20-19-27(32-23(2)35)33-30(34)36)21-37-41(31(3,4)5,24-15-11-9-12-16-24)25-17-13-10-14-18-25/h9-20,26,28-29H,1,21H2,2-8H3,(H,32,33,35,36)/t26-,28+,29+/m1/s1. The number of benzene rings is 2. The molecule has 1 fully saturated rings. The molecule has 3 aromatic rings. The first kappa shape index (κ1) is 31.2. The molecule has 2 aromatic carbocycles. The Bertz CT molecular complexity index is 1400. The number of carbonyl (C=O) groups excluding carboxylic acids is 1. The molecule has 2 heterocycles. The number of aromatic nitrogens is 2. The highest BCUT2D eigenvalue weighted by Gasteiger charge is 2.52. The van der Waals surface area contributed by atoms with E-state index in [1.165, 1.54) is 17.3 Å². The largest absolute Gasteiger partial charge is 0.410 e. The highest BCUT2D eigenvalue weighted by Crippen LogP contribution is 2.47. The molecule has 1 N–H and O–H groups in total. The summed E-state index contributed by atoms with van der Waals surface area (Å²) in [5, 5.41) is 4.40. The molecule has 218 valence electrons. The van der Waals surface area contributed by atoms with E-state index in [1.807, 2.05) is 12.1 Å². The van der Waals surface area contributed by atoms with E-state index in [9.17, 15) is 9.59 Å². The molecule has 1 aromatic heterocycles. The zero-order valence-electron chi connectivity index (χ0n) is 25.0. The summed E-state index contributed by atoms with van der Waals surface area (Å²) in [5.41, 5.74) is 0.375. The lowest BCUT2D eigenvalue weighted by atomic mass is 10.1.